The number of carbonyl (C=O) groups is 1. The number of hydrogen-bond acceptors (Lipinski definition) is 4. The predicted octanol–water partition coefficient (Wildman–Crippen LogP) is 3.69. The number of nitrogens with two attached hydrogens (primary N) is 1. The van der Waals surface area contributed by atoms with Crippen molar-refractivity contribution in [1.82, 2.24) is 4.90 Å². The molecular weight excluding hydrogens is 374 g/mol. The van der Waals surface area contributed by atoms with E-state index in [1.54, 1.807) is 0 Å². The van der Waals surface area contributed by atoms with E-state index in [0.717, 1.165) is 36.5 Å². The number of anilines is 1. The van der Waals surface area contributed by atoms with Gasteiger partial charge in [0.25, 0.3) is 0 Å². The molecule has 1 aliphatic rings. The summed E-state index contributed by atoms with van der Waals surface area (Å²) in [7, 11) is 0. The average molecular weight is 404 g/mol. The summed E-state index contributed by atoms with van der Waals surface area (Å²) in [6.45, 7) is 7.10. The lowest BCUT2D eigenvalue weighted by Crippen LogP contribution is -2.42. The Bertz CT molecular complexity index is 754. The molecule has 1 fully saturated rings. The van der Waals surface area contributed by atoms with E-state index in [2.05, 4.69) is 17.1 Å². The highest BCUT2D eigenvalue weighted by Gasteiger charge is 2.36. The highest BCUT2D eigenvalue weighted by molar-refractivity contribution is 5.94. The number of likely N-dealkylation sites (tertiary alicyclic amines) is 1. The number of hydrogen-bond donors (Lipinski definition) is 2. The van der Waals surface area contributed by atoms with E-state index in [1.165, 1.54) is 0 Å². The van der Waals surface area contributed by atoms with Gasteiger partial charge >= 0.3 is 0 Å². The lowest BCUT2D eigenvalue weighted by molar-refractivity contribution is -0.120. The Hall–Kier alpha value is -2.08. The van der Waals surface area contributed by atoms with E-state index < -0.39 is 0 Å². The summed E-state index contributed by atoms with van der Waals surface area (Å²) in [5, 5.41) is 3.00. The van der Waals surface area contributed by atoms with Crippen molar-refractivity contribution in [3.05, 3.63) is 60.2 Å². The predicted molar refractivity (Wildman–Crippen MR) is 116 cm³/mol. The van der Waals surface area contributed by atoms with Crippen LogP contribution in [0.15, 0.2) is 54.6 Å². The monoisotopic (exact) mass is 403 g/mol. The van der Waals surface area contributed by atoms with Gasteiger partial charge in [0.15, 0.2) is 0 Å². The van der Waals surface area contributed by atoms with E-state index in [9.17, 15) is 4.79 Å². The first-order valence-corrected chi connectivity index (χ1v) is 9.51. The minimum atomic E-state index is -0.174. The average Bonchev–Trinajstić information content (AvgIpc) is 3.10. The fourth-order valence-corrected chi connectivity index (χ4v) is 3.35. The summed E-state index contributed by atoms with van der Waals surface area (Å²) in [6.07, 6.45) is 1.04. The van der Waals surface area contributed by atoms with Gasteiger partial charge in [-0.3, -0.25) is 9.69 Å². The number of nitrogens with zero attached hydrogens (tertiary/aromatic N) is 1. The van der Waals surface area contributed by atoms with Crippen LogP contribution < -0.4 is 15.8 Å². The fraction of sp³-hybridized carbons (Fsp3) is 0.409. The fourth-order valence-electron chi connectivity index (χ4n) is 3.35. The molecule has 2 unspecified atom stereocenters. The molecule has 0 spiro atoms. The van der Waals surface area contributed by atoms with Gasteiger partial charge in [-0.05, 0) is 61.7 Å². The van der Waals surface area contributed by atoms with Crippen LogP contribution in [0, 0.1) is 5.41 Å². The molecule has 1 saturated heterocycles. The molecule has 2 atom stereocenters. The van der Waals surface area contributed by atoms with E-state index in [0.29, 0.717) is 13.2 Å². The number of halogens is 1. The molecule has 1 heterocycles. The Morgan fingerprint density at radius 2 is 1.89 bits per heavy atom. The van der Waals surface area contributed by atoms with Gasteiger partial charge in [0.2, 0.25) is 5.91 Å². The molecule has 2 aromatic carbocycles. The Morgan fingerprint density at radius 3 is 2.50 bits per heavy atom. The summed E-state index contributed by atoms with van der Waals surface area (Å²) in [5.41, 5.74) is 7.89. The molecule has 6 heteroatoms. The molecule has 3 rings (SSSR count). The maximum atomic E-state index is 12.6. The number of benzene rings is 2. The number of ether oxygens (including phenoxy) is 1. The molecule has 1 amide bonds. The van der Waals surface area contributed by atoms with Crippen molar-refractivity contribution in [2.45, 2.75) is 32.9 Å². The molecule has 1 aliphatic heterocycles. The first kappa shape index (κ1) is 22.2. The summed E-state index contributed by atoms with van der Waals surface area (Å²) >= 11 is 0. The summed E-state index contributed by atoms with van der Waals surface area (Å²) in [6, 6.07) is 17.4. The van der Waals surface area contributed by atoms with Crippen LogP contribution in [0.4, 0.5) is 5.69 Å². The van der Waals surface area contributed by atoms with Gasteiger partial charge in [-0.15, -0.1) is 12.4 Å². The first-order chi connectivity index (χ1) is 13.0. The minimum absolute atomic E-state index is 0. The van der Waals surface area contributed by atoms with Crippen molar-refractivity contribution in [3.63, 3.8) is 0 Å². The van der Waals surface area contributed by atoms with E-state index in [-0.39, 0.29) is 29.8 Å². The molecular formula is C22H30ClN3O2. The largest absolute Gasteiger partial charge is 0.489 e. The summed E-state index contributed by atoms with van der Waals surface area (Å²) < 4.78 is 5.78. The molecule has 0 aliphatic carbocycles. The molecule has 2 aromatic rings. The number of nitrogens with one attached hydrogen (secondary N) is 1. The zero-order chi connectivity index (χ0) is 19.3. The Morgan fingerprint density at radius 1 is 1.21 bits per heavy atom. The highest BCUT2D eigenvalue weighted by Crippen LogP contribution is 2.30. The Balaban J connectivity index is 0.00000280. The zero-order valence-corrected chi connectivity index (χ0v) is 17.4. The number of carbonyl (C=O) groups excluding carboxylic acids is 1. The van der Waals surface area contributed by atoms with Crippen LogP contribution in [0.3, 0.4) is 0 Å². The van der Waals surface area contributed by atoms with Crippen LogP contribution >= 0.6 is 12.4 Å². The second kappa shape index (κ2) is 9.92. The topological polar surface area (TPSA) is 67.6 Å². The smallest absolute Gasteiger partial charge is 0.241 e. The maximum absolute atomic E-state index is 12.6. The minimum Gasteiger partial charge on any atom is -0.489 e. The third kappa shape index (κ3) is 5.71. The second-order valence-corrected chi connectivity index (χ2v) is 7.70. The molecule has 0 aromatic heterocycles. The lowest BCUT2D eigenvalue weighted by atomic mass is 9.90. The Labute approximate surface area is 173 Å². The summed E-state index contributed by atoms with van der Waals surface area (Å²) in [4.78, 5) is 14.8. The molecule has 3 N–H and O–H groups in total. The van der Waals surface area contributed by atoms with Crippen LogP contribution in [0.1, 0.15) is 25.8 Å². The molecule has 28 heavy (non-hydrogen) atoms. The van der Waals surface area contributed by atoms with Crippen LogP contribution in [0.5, 0.6) is 5.75 Å². The normalized spacial score (nSPS) is 20.2. The molecule has 152 valence electrons. The van der Waals surface area contributed by atoms with Crippen molar-refractivity contribution in [2.24, 2.45) is 11.1 Å². The first-order valence-electron chi connectivity index (χ1n) is 9.51. The van der Waals surface area contributed by atoms with Crippen molar-refractivity contribution >= 4 is 24.0 Å². The maximum Gasteiger partial charge on any atom is 0.241 e. The number of rotatable bonds is 7. The lowest BCUT2D eigenvalue weighted by Gasteiger charge is -2.26. The van der Waals surface area contributed by atoms with Crippen LogP contribution in [0.2, 0.25) is 0 Å². The van der Waals surface area contributed by atoms with E-state index in [4.69, 9.17) is 10.5 Å². The van der Waals surface area contributed by atoms with Gasteiger partial charge in [0.1, 0.15) is 12.4 Å². The molecule has 0 saturated carbocycles. The second-order valence-electron chi connectivity index (χ2n) is 7.70. The standard InChI is InChI=1S/C22H29N3O2.ClH/c1-17(25-13-12-22(2,15-23)16-25)21(26)24-19-8-10-20(11-9-19)27-14-18-6-4-3-5-7-18;/h3-11,17H,12-16,23H2,1-2H3,(H,24,26);1H. The number of amides is 1. The van der Waals surface area contributed by atoms with Crippen molar-refractivity contribution in [2.75, 3.05) is 25.0 Å². The molecule has 0 bridgehead atoms. The van der Waals surface area contributed by atoms with Crippen molar-refractivity contribution < 1.29 is 9.53 Å². The van der Waals surface area contributed by atoms with Crippen LogP contribution in [-0.4, -0.2) is 36.5 Å². The van der Waals surface area contributed by atoms with Crippen molar-refractivity contribution in [1.29, 1.82) is 0 Å². The third-order valence-corrected chi connectivity index (χ3v) is 5.38. The highest BCUT2D eigenvalue weighted by atomic mass is 35.5. The van der Waals surface area contributed by atoms with E-state index in [1.807, 2.05) is 61.5 Å². The third-order valence-electron chi connectivity index (χ3n) is 5.38. The SMILES string of the molecule is CC(C(=O)Nc1ccc(OCc2ccccc2)cc1)N1CCC(C)(CN)C1.Cl. The summed E-state index contributed by atoms with van der Waals surface area (Å²) in [5.74, 6) is 0.789. The quantitative estimate of drug-likeness (QED) is 0.739. The van der Waals surface area contributed by atoms with Crippen LogP contribution in [0.25, 0.3) is 0 Å². The molecule has 0 radical (unpaired) electrons. The molecule has 5 nitrogen and oxygen atoms in total. The van der Waals surface area contributed by atoms with E-state index >= 15 is 0 Å². The van der Waals surface area contributed by atoms with Gasteiger partial charge < -0.3 is 15.8 Å². The van der Waals surface area contributed by atoms with Gasteiger partial charge in [-0.1, -0.05) is 37.3 Å². The zero-order valence-electron chi connectivity index (χ0n) is 16.6. The Kier molecular flexibility index (Phi) is 7.87. The van der Waals surface area contributed by atoms with Gasteiger partial charge in [-0.25, -0.2) is 0 Å². The van der Waals surface area contributed by atoms with Gasteiger partial charge in [0, 0.05) is 12.2 Å². The van der Waals surface area contributed by atoms with Crippen LogP contribution in [-0.2, 0) is 11.4 Å². The van der Waals surface area contributed by atoms with Gasteiger partial charge in [-0.2, -0.15) is 0 Å². The van der Waals surface area contributed by atoms with Gasteiger partial charge in [0.05, 0.1) is 6.04 Å². The van der Waals surface area contributed by atoms with Crippen molar-refractivity contribution in [3.8, 4) is 5.75 Å².